The molecule has 1 fully saturated rings. The van der Waals surface area contributed by atoms with Crippen LogP contribution in [0.5, 0.6) is 0 Å². The zero-order valence-corrected chi connectivity index (χ0v) is 21.0. The van der Waals surface area contributed by atoms with E-state index in [1.54, 1.807) is 12.3 Å². The maximum Gasteiger partial charge on any atom is 0.247 e. The summed E-state index contributed by atoms with van der Waals surface area (Å²) in [7, 11) is 0. The quantitative estimate of drug-likeness (QED) is 0.259. The lowest BCUT2D eigenvalue weighted by Crippen LogP contribution is -2.35. The van der Waals surface area contributed by atoms with Gasteiger partial charge in [0, 0.05) is 48.3 Å². The van der Waals surface area contributed by atoms with Crippen LogP contribution in [0.15, 0.2) is 79.5 Å². The van der Waals surface area contributed by atoms with Gasteiger partial charge in [0.2, 0.25) is 11.9 Å². The number of anilines is 5. The van der Waals surface area contributed by atoms with E-state index in [0.717, 1.165) is 47.3 Å². The van der Waals surface area contributed by atoms with Crippen LogP contribution >= 0.6 is 11.6 Å². The van der Waals surface area contributed by atoms with Gasteiger partial charge in [-0.05, 0) is 53.4 Å². The van der Waals surface area contributed by atoms with E-state index in [-0.39, 0.29) is 5.91 Å². The largest absolute Gasteiger partial charge is 0.379 e. The molecule has 0 spiro atoms. The molecular weight excluding hydrogens is 488 g/mol. The van der Waals surface area contributed by atoms with Crippen molar-refractivity contribution in [1.82, 2.24) is 14.9 Å². The Hall–Kier alpha value is -3.98. The van der Waals surface area contributed by atoms with Crippen LogP contribution in [0.4, 0.5) is 28.8 Å². The molecule has 9 heteroatoms. The average Bonchev–Trinajstić information content (AvgIpc) is 2.89. The molecule has 0 aliphatic carbocycles. The second kappa shape index (κ2) is 11.4. The lowest BCUT2D eigenvalue weighted by molar-refractivity contribution is -0.111. The van der Waals surface area contributed by atoms with Crippen LogP contribution in [-0.2, 0) is 16.1 Å². The van der Waals surface area contributed by atoms with Crippen LogP contribution < -0.4 is 16.0 Å². The summed E-state index contributed by atoms with van der Waals surface area (Å²) in [4.78, 5) is 23.3. The summed E-state index contributed by atoms with van der Waals surface area (Å²) in [5.74, 6) is 0.765. The number of carbonyl (C=O) groups excluding carboxylic acids is 1. The van der Waals surface area contributed by atoms with Gasteiger partial charge in [-0.25, -0.2) is 4.98 Å². The Morgan fingerprint density at radius 3 is 2.65 bits per heavy atom. The number of nitrogens with zero attached hydrogens (tertiary/aromatic N) is 3. The summed E-state index contributed by atoms with van der Waals surface area (Å²) in [5.41, 5.74) is 3.30. The second-order valence-electron chi connectivity index (χ2n) is 8.70. The van der Waals surface area contributed by atoms with Gasteiger partial charge in [-0.1, -0.05) is 42.4 Å². The van der Waals surface area contributed by atoms with E-state index in [1.807, 2.05) is 54.6 Å². The number of rotatable bonds is 8. The van der Waals surface area contributed by atoms with E-state index in [4.69, 9.17) is 16.3 Å². The van der Waals surface area contributed by atoms with E-state index in [9.17, 15) is 4.79 Å². The molecule has 3 aromatic carbocycles. The van der Waals surface area contributed by atoms with Crippen molar-refractivity contribution in [1.29, 1.82) is 0 Å². The van der Waals surface area contributed by atoms with Crippen LogP contribution in [0.25, 0.3) is 10.8 Å². The molecule has 0 bridgehead atoms. The Morgan fingerprint density at radius 2 is 1.81 bits per heavy atom. The molecule has 37 heavy (non-hydrogen) atoms. The van der Waals surface area contributed by atoms with Crippen molar-refractivity contribution in [3.63, 3.8) is 0 Å². The highest BCUT2D eigenvalue weighted by atomic mass is 35.5. The first-order valence-electron chi connectivity index (χ1n) is 12.0. The minimum atomic E-state index is -0.272. The standard InChI is InChI=1S/C28H27ClN6O2/c1-2-27(36)32-21-13-19(18-35-9-11-37-12-10-35)14-22(16-21)33-28-30-8-7-26(34-28)31-23-15-20-5-3-4-6-24(20)25(29)17-23/h2-8,13-17H,1,9-12,18H2,(H,32,36)(H2,30,31,33,34). The molecule has 1 saturated heterocycles. The number of nitrogens with one attached hydrogen (secondary N) is 3. The second-order valence-corrected chi connectivity index (χ2v) is 9.10. The molecule has 0 atom stereocenters. The summed E-state index contributed by atoms with van der Waals surface area (Å²) in [6.07, 6.45) is 2.93. The number of hydrogen-bond acceptors (Lipinski definition) is 7. The Bertz CT molecular complexity index is 1440. The first kappa shape index (κ1) is 24.7. The summed E-state index contributed by atoms with van der Waals surface area (Å²) in [5, 5.41) is 12.1. The summed E-state index contributed by atoms with van der Waals surface area (Å²) in [6, 6.07) is 19.5. The predicted molar refractivity (Wildman–Crippen MR) is 149 cm³/mol. The van der Waals surface area contributed by atoms with Crippen molar-refractivity contribution >= 4 is 57.1 Å². The number of hydrogen-bond donors (Lipinski definition) is 3. The number of aromatic nitrogens is 2. The first-order chi connectivity index (χ1) is 18.1. The molecule has 5 rings (SSSR count). The molecule has 3 N–H and O–H groups in total. The van der Waals surface area contributed by atoms with Gasteiger partial charge in [0.15, 0.2) is 0 Å². The van der Waals surface area contributed by atoms with Crippen LogP contribution in [0.3, 0.4) is 0 Å². The van der Waals surface area contributed by atoms with Gasteiger partial charge in [-0.15, -0.1) is 0 Å². The average molecular weight is 515 g/mol. The third-order valence-corrected chi connectivity index (χ3v) is 6.26. The maximum atomic E-state index is 12.0. The van der Waals surface area contributed by atoms with Gasteiger partial charge in [-0.3, -0.25) is 9.69 Å². The van der Waals surface area contributed by atoms with Crippen LogP contribution in [0.1, 0.15) is 5.56 Å². The Labute approximate surface area is 220 Å². The van der Waals surface area contributed by atoms with Gasteiger partial charge >= 0.3 is 0 Å². The molecule has 1 aromatic heterocycles. The predicted octanol–water partition coefficient (Wildman–Crippen LogP) is 5.73. The molecule has 8 nitrogen and oxygen atoms in total. The zero-order chi connectivity index (χ0) is 25.6. The van der Waals surface area contributed by atoms with Crippen molar-refractivity contribution in [2.75, 3.05) is 42.3 Å². The van der Waals surface area contributed by atoms with E-state index in [1.165, 1.54) is 6.08 Å². The molecule has 1 aliphatic heterocycles. The minimum absolute atomic E-state index is 0.272. The molecular formula is C28H27ClN6O2. The smallest absolute Gasteiger partial charge is 0.247 e. The monoisotopic (exact) mass is 514 g/mol. The first-order valence-corrected chi connectivity index (χ1v) is 12.4. The third-order valence-electron chi connectivity index (χ3n) is 5.95. The van der Waals surface area contributed by atoms with Crippen molar-refractivity contribution in [3.05, 3.63) is 90.1 Å². The highest BCUT2D eigenvalue weighted by Gasteiger charge is 2.13. The molecule has 0 unspecified atom stereocenters. The van der Waals surface area contributed by atoms with Gasteiger partial charge in [-0.2, -0.15) is 4.98 Å². The van der Waals surface area contributed by atoms with Gasteiger partial charge in [0.05, 0.1) is 18.2 Å². The molecule has 1 aliphatic rings. The third kappa shape index (κ3) is 6.42. The number of halogens is 1. The fourth-order valence-electron chi connectivity index (χ4n) is 4.24. The fourth-order valence-corrected chi connectivity index (χ4v) is 4.53. The van der Waals surface area contributed by atoms with Crippen molar-refractivity contribution in [3.8, 4) is 0 Å². The van der Waals surface area contributed by atoms with Crippen molar-refractivity contribution < 1.29 is 9.53 Å². The highest BCUT2D eigenvalue weighted by Crippen LogP contribution is 2.29. The lowest BCUT2D eigenvalue weighted by atomic mass is 10.1. The number of fused-ring (bicyclic) bond motifs is 1. The van der Waals surface area contributed by atoms with Crippen LogP contribution in [0.2, 0.25) is 5.02 Å². The van der Waals surface area contributed by atoms with Crippen LogP contribution in [0, 0.1) is 0 Å². The molecule has 0 saturated carbocycles. The van der Waals surface area contributed by atoms with Gasteiger partial charge in [0.25, 0.3) is 0 Å². The zero-order valence-electron chi connectivity index (χ0n) is 20.2. The van der Waals surface area contributed by atoms with E-state index in [2.05, 4.69) is 37.4 Å². The van der Waals surface area contributed by atoms with Crippen LogP contribution in [-0.4, -0.2) is 47.1 Å². The summed E-state index contributed by atoms with van der Waals surface area (Å²) < 4.78 is 5.46. The molecule has 188 valence electrons. The Balaban J connectivity index is 1.37. The summed E-state index contributed by atoms with van der Waals surface area (Å²) >= 11 is 6.48. The number of ether oxygens (including phenoxy) is 1. The maximum absolute atomic E-state index is 12.0. The lowest BCUT2D eigenvalue weighted by Gasteiger charge is -2.27. The number of amides is 1. The molecule has 2 heterocycles. The Kier molecular flexibility index (Phi) is 7.60. The van der Waals surface area contributed by atoms with E-state index in [0.29, 0.717) is 35.7 Å². The highest BCUT2D eigenvalue weighted by molar-refractivity contribution is 6.35. The van der Waals surface area contributed by atoms with Crippen molar-refractivity contribution in [2.24, 2.45) is 0 Å². The number of benzene rings is 3. The number of morpholine rings is 1. The van der Waals surface area contributed by atoms with Crippen molar-refractivity contribution in [2.45, 2.75) is 6.54 Å². The molecule has 1 amide bonds. The molecule has 4 aromatic rings. The number of carbonyl (C=O) groups is 1. The van der Waals surface area contributed by atoms with E-state index < -0.39 is 0 Å². The van der Waals surface area contributed by atoms with Gasteiger partial charge < -0.3 is 20.7 Å². The van der Waals surface area contributed by atoms with E-state index >= 15 is 0 Å². The van der Waals surface area contributed by atoms with Gasteiger partial charge in [0.1, 0.15) is 5.82 Å². The summed E-state index contributed by atoms with van der Waals surface area (Å²) in [6.45, 7) is 7.44. The Morgan fingerprint density at radius 1 is 1.03 bits per heavy atom. The SMILES string of the molecule is C=CC(=O)Nc1cc(CN2CCOCC2)cc(Nc2nccc(Nc3cc(Cl)c4ccccc4c3)n2)c1. The topological polar surface area (TPSA) is 91.4 Å². The fraction of sp³-hybridized carbons (Fsp3) is 0.179. The minimum Gasteiger partial charge on any atom is -0.379 e. The normalized spacial score (nSPS) is 13.8. The molecule has 0 radical (unpaired) electrons.